The summed E-state index contributed by atoms with van der Waals surface area (Å²) in [6, 6.07) is 11.6. The topological polar surface area (TPSA) is 87.0 Å². The Bertz CT molecular complexity index is 1240. The van der Waals surface area contributed by atoms with Gasteiger partial charge in [0.15, 0.2) is 5.43 Å². The van der Waals surface area contributed by atoms with Crippen molar-refractivity contribution < 1.29 is 24.1 Å². The highest BCUT2D eigenvalue weighted by Gasteiger charge is 2.29. The number of carbonyl (C=O) groups is 1. The number of pyridine rings is 1. The van der Waals surface area contributed by atoms with Crippen LogP contribution in [0.5, 0.6) is 11.5 Å². The molecule has 0 saturated heterocycles. The van der Waals surface area contributed by atoms with Crippen LogP contribution >= 0.6 is 23.2 Å². The number of rotatable bonds is 7. The van der Waals surface area contributed by atoms with Crippen molar-refractivity contribution in [3.05, 3.63) is 80.1 Å². The van der Waals surface area contributed by atoms with Gasteiger partial charge in [-0.25, -0.2) is 4.79 Å². The molecule has 0 radical (unpaired) electrons. The maximum atomic E-state index is 12.5. The lowest BCUT2D eigenvalue weighted by Gasteiger charge is -2.32. The molecule has 1 atom stereocenters. The average molecular weight is 476 g/mol. The minimum absolute atomic E-state index is 0.340. The number of carboxylic acid groups (broad SMARTS) is 1. The molecule has 0 saturated carbocycles. The van der Waals surface area contributed by atoms with E-state index in [0.29, 0.717) is 58.0 Å². The lowest BCUT2D eigenvalue weighted by molar-refractivity contribution is 0.0693. The van der Waals surface area contributed by atoms with Crippen molar-refractivity contribution in [3.8, 4) is 22.8 Å². The Morgan fingerprint density at radius 3 is 2.72 bits per heavy atom. The number of aromatic nitrogens is 1. The number of nitrogens with zero attached hydrogens (tertiary/aromatic N) is 1. The van der Waals surface area contributed by atoms with Crippen LogP contribution in [0.15, 0.2) is 53.5 Å². The summed E-state index contributed by atoms with van der Waals surface area (Å²) in [5.41, 5.74) is 0.724. The van der Waals surface area contributed by atoms with Crippen LogP contribution in [0.2, 0.25) is 10.0 Å². The van der Waals surface area contributed by atoms with Gasteiger partial charge in [0.25, 0.3) is 0 Å². The zero-order valence-corrected chi connectivity index (χ0v) is 18.5. The summed E-state index contributed by atoms with van der Waals surface area (Å²) < 4.78 is 18.6. The lowest BCUT2D eigenvalue weighted by Crippen LogP contribution is -2.27. The highest BCUT2D eigenvalue weighted by Crippen LogP contribution is 2.44. The fourth-order valence-electron chi connectivity index (χ4n) is 3.51. The van der Waals surface area contributed by atoms with E-state index in [1.165, 1.54) is 12.3 Å². The molecule has 0 spiro atoms. The molecule has 32 heavy (non-hydrogen) atoms. The second-order valence-corrected chi connectivity index (χ2v) is 7.99. The minimum atomic E-state index is -1.32. The normalized spacial score (nSPS) is 14.3. The summed E-state index contributed by atoms with van der Waals surface area (Å²) in [6.45, 7) is 0.959. The van der Waals surface area contributed by atoms with Crippen LogP contribution in [-0.4, -0.2) is 36.0 Å². The van der Waals surface area contributed by atoms with Crippen LogP contribution in [0, 0.1) is 0 Å². The molecule has 2 aromatic carbocycles. The molecule has 1 aromatic heterocycles. The molecular formula is C23H19Cl2NO6. The maximum absolute atomic E-state index is 12.5. The Labute approximate surface area is 193 Å². The van der Waals surface area contributed by atoms with E-state index >= 15 is 0 Å². The molecule has 2 heterocycles. The van der Waals surface area contributed by atoms with Crippen molar-refractivity contribution in [1.29, 1.82) is 0 Å². The van der Waals surface area contributed by atoms with Gasteiger partial charge >= 0.3 is 5.97 Å². The van der Waals surface area contributed by atoms with Gasteiger partial charge in [-0.1, -0.05) is 35.3 Å². The van der Waals surface area contributed by atoms with Gasteiger partial charge in [0.1, 0.15) is 17.1 Å². The van der Waals surface area contributed by atoms with Gasteiger partial charge in [0, 0.05) is 54.6 Å². The minimum Gasteiger partial charge on any atom is -0.492 e. The predicted molar refractivity (Wildman–Crippen MR) is 120 cm³/mol. The van der Waals surface area contributed by atoms with Gasteiger partial charge in [0.2, 0.25) is 6.23 Å². The van der Waals surface area contributed by atoms with Crippen LogP contribution in [-0.2, 0) is 4.74 Å². The SMILES string of the molecule is COCCCOc1cc2c(cc1Cl)-c1cc(=O)c(C(=O)O)cn1C(c1cccc(Cl)c1)O2. The van der Waals surface area contributed by atoms with Gasteiger partial charge < -0.3 is 23.9 Å². The number of carboxylic acids is 1. The van der Waals surface area contributed by atoms with Crippen LogP contribution in [0.3, 0.4) is 0 Å². The van der Waals surface area contributed by atoms with E-state index in [1.54, 1.807) is 42.0 Å². The molecule has 3 aromatic rings. The summed E-state index contributed by atoms with van der Waals surface area (Å²) in [5, 5.41) is 10.3. The molecule has 9 heteroatoms. The highest BCUT2D eigenvalue weighted by molar-refractivity contribution is 6.32. The number of hydrogen-bond acceptors (Lipinski definition) is 5. The zero-order valence-electron chi connectivity index (χ0n) is 17.0. The third kappa shape index (κ3) is 4.32. The summed E-state index contributed by atoms with van der Waals surface area (Å²) in [6.07, 6.45) is 1.21. The smallest absolute Gasteiger partial charge is 0.341 e. The van der Waals surface area contributed by atoms with Gasteiger partial charge in [-0.2, -0.15) is 0 Å². The van der Waals surface area contributed by atoms with E-state index in [2.05, 4.69) is 0 Å². The van der Waals surface area contributed by atoms with E-state index in [4.69, 9.17) is 37.4 Å². The van der Waals surface area contributed by atoms with Crippen LogP contribution in [0.25, 0.3) is 11.3 Å². The second kappa shape index (κ2) is 9.24. The van der Waals surface area contributed by atoms with E-state index < -0.39 is 17.6 Å². The van der Waals surface area contributed by atoms with Gasteiger partial charge in [-0.3, -0.25) is 4.79 Å². The monoisotopic (exact) mass is 475 g/mol. The van der Waals surface area contributed by atoms with Gasteiger partial charge in [-0.15, -0.1) is 0 Å². The molecule has 0 bridgehead atoms. The van der Waals surface area contributed by atoms with E-state index in [9.17, 15) is 14.7 Å². The summed E-state index contributed by atoms with van der Waals surface area (Å²) in [7, 11) is 1.62. The predicted octanol–water partition coefficient (Wildman–Crippen LogP) is 4.87. The van der Waals surface area contributed by atoms with Crippen molar-refractivity contribution in [3.63, 3.8) is 0 Å². The Morgan fingerprint density at radius 2 is 2.00 bits per heavy atom. The second-order valence-electron chi connectivity index (χ2n) is 7.15. The summed E-state index contributed by atoms with van der Waals surface area (Å²) >= 11 is 12.6. The average Bonchev–Trinajstić information content (AvgIpc) is 2.76. The highest BCUT2D eigenvalue weighted by atomic mass is 35.5. The first kappa shape index (κ1) is 22.2. The van der Waals surface area contributed by atoms with Gasteiger partial charge in [-0.05, 0) is 18.2 Å². The Kier molecular flexibility index (Phi) is 6.41. The number of fused-ring (bicyclic) bond motifs is 3. The van der Waals surface area contributed by atoms with E-state index in [0.717, 1.165) is 0 Å². The molecular weight excluding hydrogens is 457 g/mol. The number of hydrogen-bond donors (Lipinski definition) is 1. The van der Waals surface area contributed by atoms with Gasteiger partial charge in [0.05, 0.1) is 17.3 Å². The Morgan fingerprint density at radius 1 is 1.19 bits per heavy atom. The first-order valence-electron chi connectivity index (χ1n) is 9.76. The summed E-state index contributed by atoms with van der Waals surface area (Å²) in [5.74, 6) is -0.438. The maximum Gasteiger partial charge on any atom is 0.341 e. The number of ether oxygens (including phenoxy) is 3. The summed E-state index contributed by atoms with van der Waals surface area (Å²) in [4.78, 5) is 24.0. The zero-order chi connectivity index (χ0) is 22.8. The van der Waals surface area contributed by atoms with Crippen molar-refractivity contribution in [2.45, 2.75) is 12.6 Å². The Hall–Kier alpha value is -3.00. The number of aromatic carboxylic acids is 1. The molecule has 7 nitrogen and oxygen atoms in total. The van der Waals surface area contributed by atoms with Crippen molar-refractivity contribution in [2.75, 3.05) is 20.3 Å². The van der Waals surface area contributed by atoms with Crippen LogP contribution in [0.4, 0.5) is 0 Å². The number of methoxy groups -OCH3 is 1. The third-order valence-corrected chi connectivity index (χ3v) is 5.53. The lowest BCUT2D eigenvalue weighted by atomic mass is 10.0. The third-order valence-electron chi connectivity index (χ3n) is 5.00. The number of benzene rings is 2. The molecule has 166 valence electrons. The molecule has 0 amide bonds. The van der Waals surface area contributed by atoms with E-state index in [1.807, 2.05) is 6.07 Å². The molecule has 0 aliphatic carbocycles. The molecule has 4 rings (SSSR count). The molecule has 1 aliphatic rings. The first-order chi connectivity index (χ1) is 15.4. The molecule has 0 fully saturated rings. The fourth-order valence-corrected chi connectivity index (χ4v) is 3.93. The molecule has 1 N–H and O–H groups in total. The van der Waals surface area contributed by atoms with Crippen molar-refractivity contribution in [1.82, 2.24) is 4.57 Å². The molecule has 1 unspecified atom stereocenters. The van der Waals surface area contributed by atoms with Crippen LogP contribution in [0.1, 0.15) is 28.6 Å². The molecule has 1 aliphatic heterocycles. The van der Waals surface area contributed by atoms with Crippen LogP contribution < -0.4 is 14.9 Å². The first-order valence-corrected chi connectivity index (χ1v) is 10.5. The quantitative estimate of drug-likeness (QED) is 0.490. The fraction of sp³-hybridized carbons (Fsp3) is 0.217. The van der Waals surface area contributed by atoms with E-state index in [-0.39, 0.29) is 5.56 Å². The largest absolute Gasteiger partial charge is 0.492 e. The van der Waals surface area contributed by atoms with Crippen molar-refractivity contribution >= 4 is 29.2 Å². The van der Waals surface area contributed by atoms with Crippen molar-refractivity contribution in [2.24, 2.45) is 0 Å². The standard InChI is InChI=1S/C23H19Cl2NO6/c1-30-6-3-7-31-21-11-20-15(9-17(21)25)18-10-19(27)16(23(28)29)12-26(18)22(32-20)13-4-2-5-14(24)8-13/h2,4-5,8-12,22H,3,6-7H2,1H3,(H,28,29). The number of halogens is 2. The Balaban J connectivity index is 1.84.